The highest BCUT2D eigenvalue weighted by molar-refractivity contribution is 7.22. The Labute approximate surface area is 150 Å². The zero-order chi connectivity index (χ0) is 17.4. The largest absolute Gasteiger partial charge is 0.435 e. The Hall–Kier alpha value is -2.41. The highest BCUT2D eigenvalue weighted by Crippen LogP contribution is 2.29. The van der Waals surface area contributed by atoms with Crippen molar-refractivity contribution in [3.05, 3.63) is 41.6 Å². The highest BCUT2D eigenvalue weighted by atomic mass is 32.1. The SMILES string of the molecule is CCc1nc(C)c(C(=O)N2CCN(c3nc4ccccc4s3)CC2)o1. The van der Waals surface area contributed by atoms with Crippen LogP contribution in [0.5, 0.6) is 0 Å². The number of para-hydroxylation sites is 1. The zero-order valence-electron chi connectivity index (χ0n) is 14.4. The van der Waals surface area contributed by atoms with Gasteiger partial charge in [0.05, 0.1) is 15.9 Å². The third-order valence-corrected chi connectivity index (χ3v) is 5.55. The van der Waals surface area contributed by atoms with E-state index in [2.05, 4.69) is 16.0 Å². The van der Waals surface area contributed by atoms with E-state index in [0.717, 1.165) is 23.7 Å². The first-order valence-corrected chi connectivity index (χ1v) is 9.33. The number of anilines is 1. The van der Waals surface area contributed by atoms with Gasteiger partial charge in [-0.3, -0.25) is 4.79 Å². The van der Waals surface area contributed by atoms with Gasteiger partial charge in [-0.05, 0) is 19.1 Å². The van der Waals surface area contributed by atoms with E-state index in [1.807, 2.05) is 36.9 Å². The van der Waals surface area contributed by atoms with Crippen LogP contribution in [0.4, 0.5) is 5.13 Å². The topological polar surface area (TPSA) is 62.5 Å². The maximum Gasteiger partial charge on any atom is 0.291 e. The molecule has 1 fully saturated rings. The van der Waals surface area contributed by atoms with Crippen molar-refractivity contribution in [1.82, 2.24) is 14.9 Å². The lowest BCUT2D eigenvalue weighted by Gasteiger charge is -2.34. The summed E-state index contributed by atoms with van der Waals surface area (Å²) in [4.78, 5) is 25.8. The average molecular weight is 356 g/mol. The highest BCUT2D eigenvalue weighted by Gasteiger charge is 2.27. The molecule has 0 unspecified atom stereocenters. The second kappa shape index (κ2) is 6.48. The first kappa shape index (κ1) is 16.1. The summed E-state index contributed by atoms with van der Waals surface area (Å²) >= 11 is 1.70. The normalized spacial score (nSPS) is 15.1. The van der Waals surface area contributed by atoms with Crippen LogP contribution in [0, 0.1) is 6.92 Å². The van der Waals surface area contributed by atoms with Crippen molar-refractivity contribution in [3.8, 4) is 0 Å². The summed E-state index contributed by atoms with van der Waals surface area (Å²) < 4.78 is 6.80. The van der Waals surface area contributed by atoms with Crippen molar-refractivity contribution in [2.75, 3.05) is 31.1 Å². The molecule has 6 nitrogen and oxygen atoms in total. The number of fused-ring (bicyclic) bond motifs is 1. The van der Waals surface area contributed by atoms with Crippen LogP contribution in [0.2, 0.25) is 0 Å². The van der Waals surface area contributed by atoms with Gasteiger partial charge in [-0.25, -0.2) is 9.97 Å². The van der Waals surface area contributed by atoms with E-state index >= 15 is 0 Å². The number of aryl methyl sites for hydroxylation is 2. The molecule has 3 heterocycles. The van der Waals surface area contributed by atoms with Crippen LogP contribution in [-0.4, -0.2) is 47.0 Å². The van der Waals surface area contributed by atoms with Gasteiger partial charge in [0.2, 0.25) is 5.76 Å². The Bertz CT molecular complexity index is 876. The van der Waals surface area contributed by atoms with Crippen LogP contribution in [0.25, 0.3) is 10.2 Å². The van der Waals surface area contributed by atoms with Crippen molar-refractivity contribution in [3.63, 3.8) is 0 Å². The van der Waals surface area contributed by atoms with E-state index < -0.39 is 0 Å². The maximum atomic E-state index is 12.7. The number of hydrogen-bond acceptors (Lipinski definition) is 6. The van der Waals surface area contributed by atoms with Gasteiger partial charge < -0.3 is 14.2 Å². The molecule has 0 bridgehead atoms. The first-order valence-electron chi connectivity index (χ1n) is 8.52. The Morgan fingerprint density at radius 2 is 1.96 bits per heavy atom. The van der Waals surface area contributed by atoms with Crippen LogP contribution < -0.4 is 4.90 Å². The molecule has 7 heteroatoms. The number of thiazole rings is 1. The fraction of sp³-hybridized carbons (Fsp3) is 0.389. The van der Waals surface area contributed by atoms with Crippen LogP contribution >= 0.6 is 11.3 Å². The number of benzene rings is 1. The Morgan fingerprint density at radius 1 is 1.20 bits per heavy atom. The quantitative estimate of drug-likeness (QED) is 0.721. The van der Waals surface area contributed by atoms with E-state index in [9.17, 15) is 4.79 Å². The predicted molar refractivity (Wildman–Crippen MR) is 98.4 cm³/mol. The summed E-state index contributed by atoms with van der Waals surface area (Å²) in [6, 6.07) is 8.17. The second-order valence-corrected chi connectivity index (χ2v) is 7.13. The number of rotatable bonds is 3. The summed E-state index contributed by atoms with van der Waals surface area (Å²) in [5, 5.41) is 1.03. The standard InChI is InChI=1S/C18H20N4O2S/c1-3-15-19-12(2)16(24-15)17(23)21-8-10-22(11-9-21)18-20-13-6-4-5-7-14(13)25-18/h4-7H,3,8-11H2,1-2H3. The molecule has 0 atom stereocenters. The second-order valence-electron chi connectivity index (χ2n) is 6.12. The molecule has 1 saturated heterocycles. The van der Waals surface area contributed by atoms with E-state index in [1.54, 1.807) is 11.3 Å². The number of amides is 1. The lowest BCUT2D eigenvalue weighted by atomic mass is 10.2. The number of hydrogen-bond donors (Lipinski definition) is 0. The van der Waals surface area contributed by atoms with Gasteiger partial charge in [0, 0.05) is 32.6 Å². The van der Waals surface area contributed by atoms with Crippen LogP contribution in [0.3, 0.4) is 0 Å². The number of nitrogens with zero attached hydrogens (tertiary/aromatic N) is 4. The van der Waals surface area contributed by atoms with Crippen molar-refractivity contribution < 1.29 is 9.21 Å². The van der Waals surface area contributed by atoms with Crippen molar-refractivity contribution in [2.45, 2.75) is 20.3 Å². The molecule has 1 aliphatic heterocycles. The summed E-state index contributed by atoms with van der Waals surface area (Å²) in [6.07, 6.45) is 0.694. The van der Waals surface area contributed by atoms with Crippen molar-refractivity contribution in [1.29, 1.82) is 0 Å². The van der Waals surface area contributed by atoms with Gasteiger partial charge in [-0.15, -0.1) is 0 Å². The predicted octanol–water partition coefficient (Wildman–Crippen LogP) is 3.12. The minimum Gasteiger partial charge on any atom is -0.435 e. The fourth-order valence-corrected chi connectivity index (χ4v) is 4.06. The molecular weight excluding hydrogens is 336 g/mol. The first-order chi connectivity index (χ1) is 12.2. The van der Waals surface area contributed by atoms with Gasteiger partial charge in [0.1, 0.15) is 0 Å². The summed E-state index contributed by atoms with van der Waals surface area (Å²) in [5.74, 6) is 0.938. The van der Waals surface area contributed by atoms with E-state index in [0.29, 0.717) is 36.9 Å². The summed E-state index contributed by atoms with van der Waals surface area (Å²) in [7, 11) is 0. The number of carbonyl (C=O) groups is 1. The van der Waals surface area contributed by atoms with E-state index in [1.165, 1.54) is 4.70 Å². The lowest BCUT2D eigenvalue weighted by Crippen LogP contribution is -2.48. The van der Waals surface area contributed by atoms with Gasteiger partial charge in [0.25, 0.3) is 5.91 Å². The minimum atomic E-state index is -0.0614. The van der Waals surface area contributed by atoms with Crippen molar-refractivity contribution in [2.24, 2.45) is 0 Å². The molecular formula is C18H20N4O2S. The molecule has 1 aliphatic rings. The van der Waals surface area contributed by atoms with Crippen LogP contribution in [0.15, 0.2) is 28.7 Å². The van der Waals surface area contributed by atoms with Crippen LogP contribution in [0.1, 0.15) is 29.1 Å². The van der Waals surface area contributed by atoms with Gasteiger partial charge >= 0.3 is 0 Å². The number of oxazole rings is 1. The maximum absolute atomic E-state index is 12.7. The lowest BCUT2D eigenvalue weighted by molar-refractivity contribution is 0.0712. The summed E-state index contributed by atoms with van der Waals surface area (Å²) in [5.41, 5.74) is 1.71. The molecule has 0 aliphatic carbocycles. The number of piperazine rings is 1. The average Bonchev–Trinajstić information content (AvgIpc) is 3.24. The molecule has 0 radical (unpaired) electrons. The molecule has 25 heavy (non-hydrogen) atoms. The molecule has 0 N–H and O–H groups in total. The molecule has 0 saturated carbocycles. The molecule has 3 aromatic rings. The third-order valence-electron chi connectivity index (χ3n) is 4.46. The van der Waals surface area contributed by atoms with Crippen LogP contribution in [-0.2, 0) is 6.42 Å². The Balaban J connectivity index is 1.45. The molecule has 4 rings (SSSR count). The molecule has 0 spiro atoms. The fourth-order valence-electron chi connectivity index (χ4n) is 3.04. The van der Waals surface area contributed by atoms with E-state index in [4.69, 9.17) is 9.40 Å². The number of aromatic nitrogens is 2. The van der Waals surface area contributed by atoms with Gasteiger partial charge in [0.15, 0.2) is 11.0 Å². The minimum absolute atomic E-state index is 0.0614. The molecule has 130 valence electrons. The smallest absolute Gasteiger partial charge is 0.291 e. The van der Waals surface area contributed by atoms with Gasteiger partial charge in [-0.1, -0.05) is 30.4 Å². The van der Waals surface area contributed by atoms with Crippen molar-refractivity contribution >= 4 is 32.6 Å². The zero-order valence-corrected chi connectivity index (χ0v) is 15.2. The monoisotopic (exact) mass is 356 g/mol. The Morgan fingerprint density at radius 3 is 2.64 bits per heavy atom. The van der Waals surface area contributed by atoms with Gasteiger partial charge in [-0.2, -0.15) is 0 Å². The molecule has 1 amide bonds. The summed E-state index contributed by atoms with van der Waals surface area (Å²) in [6.45, 7) is 6.68. The number of carbonyl (C=O) groups excluding carboxylic acids is 1. The Kier molecular flexibility index (Phi) is 4.17. The van der Waals surface area contributed by atoms with E-state index in [-0.39, 0.29) is 5.91 Å². The molecule has 1 aromatic carbocycles. The molecule has 2 aromatic heterocycles. The third kappa shape index (κ3) is 3.00.